The Morgan fingerprint density at radius 2 is 1.74 bits per heavy atom. The molecule has 0 bridgehead atoms. The topological polar surface area (TPSA) is 80.2 Å². The molecule has 1 aliphatic heterocycles. The molecule has 2 aromatic rings. The fourth-order valence-electron chi connectivity index (χ4n) is 3.73. The van der Waals surface area contributed by atoms with Crippen molar-refractivity contribution < 1.29 is 26.4 Å². The largest absolute Gasteiger partial charge is 0.416 e. The zero-order valence-electron chi connectivity index (χ0n) is 16.9. The summed E-state index contributed by atoms with van der Waals surface area (Å²) in [4.78, 5) is 13.8. The monoisotopic (exact) mass is 475 g/mol. The Morgan fingerprint density at radius 1 is 1.10 bits per heavy atom. The van der Waals surface area contributed by atoms with Crippen LogP contribution >= 0.6 is 11.6 Å². The Balaban J connectivity index is 1.76. The van der Waals surface area contributed by atoms with Gasteiger partial charge in [-0.25, -0.2) is 8.42 Å². The van der Waals surface area contributed by atoms with Gasteiger partial charge in [0.05, 0.1) is 15.2 Å². The van der Waals surface area contributed by atoms with Gasteiger partial charge >= 0.3 is 6.18 Å². The van der Waals surface area contributed by atoms with E-state index in [9.17, 15) is 26.4 Å². The van der Waals surface area contributed by atoms with E-state index < -0.39 is 26.3 Å². The summed E-state index contributed by atoms with van der Waals surface area (Å²) in [6.07, 6.45) is -3.86. The van der Waals surface area contributed by atoms with Crippen LogP contribution in [0.3, 0.4) is 0 Å². The molecule has 0 atom stereocenters. The maximum absolute atomic E-state index is 13.2. The first-order valence-electron chi connectivity index (χ1n) is 9.54. The molecule has 2 heterocycles. The minimum absolute atomic E-state index is 0.138. The number of hydrogen-bond acceptors (Lipinski definition) is 5. The number of aromatic nitrogens is 2. The molecule has 168 valence electrons. The van der Waals surface area contributed by atoms with E-state index >= 15 is 0 Å². The second kappa shape index (κ2) is 8.38. The average Bonchev–Trinajstić information content (AvgIpc) is 2.73. The summed E-state index contributed by atoms with van der Waals surface area (Å²) in [7, 11) is -4.06. The molecular weight excluding hydrogens is 455 g/mol. The van der Waals surface area contributed by atoms with Crippen LogP contribution in [0, 0.1) is 5.92 Å². The van der Waals surface area contributed by atoms with Crippen LogP contribution in [-0.4, -0.2) is 47.3 Å². The molecular formula is C20H21ClF3N3O3S. The van der Waals surface area contributed by atoms with E-state index in [1.807, 2.05) is 0 Å². The van der Waals surface area contributed by atoms with E-state index in [4.69, 9.17) is 11.6 Å². The summed E-state index contributed by atoms with van der Waals surface area (Å²) in [6, 6.07) is 6.72. The van der Waals surface area contributed by atoms with E-state index in [2.05, 4.69) is 10.2 Å². The lowest BCUT2D eigenvalue weighted by Gasteiger charge is -2.40. The predicted octanol–water partition coefficient (Wildman–Crippen LogP) is 4.25. The van der Waals surface area contributed by atoms with Crippen molar-refractivity contribution in [3.05, 3.63) is 52.8 Å². The van der Waals surface area contributed by atoms with Gasteiger partial charge in [0.2, 0.25) is 0 Å². The third-order valence-electron chi connectivity index (χ3n) is 5.78. The molecule has 3 rings (SSSR count). The Labute approximate surface area is 183 Å². The molecule has 1 amide bonds. The molecule has 0 aliphatic carbocycles. The Morgan fingerprint density at radius 3 is 2.29 bits per heavy atom. The van der Waals surface area contributed by atoms with Crippen LogP contribution in [0.2, 0.25) is 5.15 Å². The normalized spacial score (nSPS) is 16.4. The molecule has 0 saturated carbocycles. The first kappa shape index (κ1) is 23.5. The number of rotatable bonds is 4. The van der Waals surface area contributed by atoms with Crippen LogP contribution in [0.5, 0.6) is 0 Å². The first-order chi connectivity index (χ1) is 14.3. The van der Waals surface area contributed by atoms with Gasteiger partial charge in [0.15, 0.2) is 20.7 Å². The van der Waals surface area contributed by atoms with Gasteiger partial charge in [0.25, 0.3) is 5.91 Å². The molecule has 0 N–H and O–H groups in total. The molecule has 31 heavy (non-hydrogen) atoms. The molecule has 6 nitrogen and oxygen atoms in total. The lowest BCUT2D eigenvalue weighted by Crippen LogP contribution is -2.47. The van der Waals surface area contributed by atoms with Gasteiger partial charge in [-0.1, -0.05) is 17.7 Å². The zero-order chi connectivity index (χ0) is 23.0. The minimum atomic E-state index is -4.63. The van der Waals surface area contributed by atoms with Crippen LogP contribution in [0.25, 0.3) is 0 Å². The van der Waals surface area contributed by atoms with Crippen LogP contribution in [-0.2, 0) is 16.0 Å². The summed E-state index contributed by atoms with van der Waals surface area (Å²) < 4.78 is 64.2. The molecule has 1 aromatic heterocycles. The minimum Gasteiger partial charge on any atom is -0.337 e. The number of carbonyl (C=O) groups excluding carboxylic acids is 1. The maximum atomic E-state index is 13.2. The third kappa shape index (κ3) is 4.69. The van der Waals surface area contributed by atoms with Gasteiger partial charge in [-0.2, -0.15) is 13.2 Å². The van der Waals surface area contributed by atoms with E-state index in [1.165, 1.54) is 32.0 Å². The van der Waals surface area contributed by atoms with E-state index in [1.54, 1.807) is 4.90 Å². The van der Waals surface area contributed by atoms with Crippen molar-refractivity contribution in [1.29, 1.82) is 0 Å². The summed E-state index contributed by atoms with van der Waals surface area (Å²) in [5.74, 6) is -0.673. The standard InChI is InChI=1S/C20H21ClF3N3O3S/c1-19(2,31(29,30)15-5-3-4-14(12-15)20(22,23)24)13-8-10-27(11-9-13)18(28)16-6-7-17(21)26-25-16/h3-7,12-13H,8-11H2,1-2H3. The number of hydrogen-bond donors (Lipinski definition) is 0. The van der Waals surface area contributed by atoms with Crippen LogP contribution in [0.15, 0.2) is 41.3 Å². The van der Waals surface area contributed by atoms with E-state index in [-0.39, 0.29) is 27.6 Å². The fraction of sp³-hybridized carbons (Fsp3) is 0.450. The summed E-state index contributed by atoms with van der Waals surface area (Å²) in [5, 5.41) is 7.58. The van der Waals surface area contributed by atoms with Crippen molar-refractivity contribution in [3.8, 4) is 0 Å². The number of alkyl halides is 3. The lowest BCUT2D eigenvalue weighted by molar-refractivity contribution is -0.137. The van der Waals surface area contributed by atoms with E-state index in [0.717, 1.165) is 12.1 Å². The SMILES string of the molecule is CC(C)(C1CCN(C(=O)c2ccc(Cl)nn2)CC1)S(=O)(=O)c1cccc(C(F)(F)F)c1. The summed E-state index contributed by atoms with van der Waals surface area (Å²) in [6.45, 7) is 3.65. The Kier molecular flexibility index (Phi) is 6.35. The number of benzene rings is 1. The van der Waals surface area contributed by atoms with Gasteiger partial charge in [-0.3, -0.25) is 4.79 Å². The van der Waals surface area contributed by atoms with Crippen LogP contribution < -0.4 is 0 Å². The van der Waals surface area contributed by atoms with Crippen LogP contribution in [0.4, 0.5) is 13.2 Å². The smallest absolute Gasteiger partial charge is 0.337 e. The molecule has 0 unspecified atom stereocenters. The summed E-state index contributed by atoms with van der Waals surface area (Å²) >= 11 is 5.68. The number of carbonyl (C=O) groups is 1. The number of sulfone groups is 1. The second-order valence-corrected chi connectivity index (χ2v) is 10.9. The maximum Gasteiger partial charge on any atom is 0.416 e. The molecule has 1 saturated heterocycles. The Hall–Kier alpha value is -2.20. The van der Waals surface area contributed by atoms with Crippen molar-refractivity contribution in [1.82, 2.24) is 15.1 Å². The molecule has 1 aromatic carbocycles. The molecule has 1 aliphatic rings. The molecule has 11 heteroatoms. The van der Waals surface area contributed by atoms with Gasteiger partial charge in [-0.05, 0) is 62.9 Å². The number of halogens is 4. The number of piperidine rings is 1. The summed E-state index contributed by atoms with van der Waals surface area (Å²) in [5.41, 5.74) is -0.868. The van der Waals surface area contributed by atoms with Crippen molar-refractivity contribution in [2.24, 2.45) is 5.92 Å². The lowest BCUT2D eigenvalue weighted by atomic mass is 9.86. The highest BCUT2D eigenvalue weighted by Gasteiger charge is 2.45. The highest BCUT2D eigenvalue weighted by Crippen LogP contribution is 2.39. The van der Waals surface area contributed by atoms with Crippen molar-refractivity contribution in [3.63, 3.8) is 0 Å². The fourth-order valence-corrected chi connectivity index (χ4v) is 5.66. The zero-order valence-corrected chi connectivity index (χ0v) is 18.4. The van der Waals surface area contributed by atoms with Gasteiger partial charge in [0, 0.05) is 13.1 Å². The van der Waals surface area contributed by atoms with Crippen molar-refractivity contribution >= 4 is 27.3 Å². The average molecular weight is 476 g/mol. The predicted molar refractivity (Wildman–Crippen MR) is 108 cm³/mol. The Bertz CT molecular complexity index is 1070. The first-order valence-corrected chi connectivity index (χ1v) is 11.4. The number of nitrogens with zero attached hydrogens (tertiary/aromatic N) is 3. The molecule has 0 spiro atoms. The molecule has 1 fully saturated rings. The van der Waals surface area contributed by atoms with Gasteiger partial charge in [0.1, 0.15) is 0 Å². The number of likely N-dealkylation sites (tertiary alicyclic amines) is 1. The molecule has 0 radical (unpaired) electrons. The highest BCUT2D eigenvalue weighted by atomic mass is 35.5. The highest BCUT2D eigenvalue weighted by molar-refractivity contribution is 7.92. The van der Waals surface area contributed by atoms with E-state index in [0.29, 0.717) is 32.0 Å². The number of amides is 1. The van der Waals surface area contributed by atoms with Crippen molar-refractivity contribution in [2.75, 3.05) is 13.1 Å². The van der Waals surface area contributed by atoms with Gasteiger partial charge < -0.3 is 4.90 Å². The second-order valence-electron chi connectivity index (χ2n) is 7.94. The van der Waals surface area contributed by atoms with Gasteiger partial charge in [-0.15, -0.1) is 10.2 Å². The van der Waals surface area contributed by atoms with Crippen LogP contribution in [0.1, 0.15) is 42.7 Å². The third-order valence-corrected chi connectivity index (χ3v) is 8.58. The quantitative estimate of drug-likeness (QED) is 0.660. The van der Waals surface area contributed by atoms with Crippen molar-refractivity contribution in [2.45, 2.75) is 42.5 Å².